The van der Waals surface area contributed by atoms with Crippen molar-refractivity contribution < 1.29 is 23.7 Å². The molecule has 0 saturated carbocycles. The van der Waals surface area contributed by atoms with E-state index in [0.29, 0.717) is 5.76 Å². The molecule has 0 aliphatic carbocycles. The van der Waals surface area contributed by atoms with E-state index < -0.39 is 17.9 Å². The predicted molar refractivity (Wildman–Crippen MR) is 67.1 cm³/mol. The molecular formula is C14H16O5. The van der Waals surface area contributed by atoms with E-state index in [1.54, 1.807) is 0 Å². The summed E-state index contributed by atoms with van der Waals surface area (Å²) in [6, 6.07) is 9.27. The molecule has 0 saturated heterocycles. The first kappa shape index (κ1) is 13.6. The minimum Gasteiger partial charge on any atom is -0.497 e. The van der Waals surface area contributed by atoms with Gasteiger partial charge in [-0.15, -0.1) is 0 Å². The van der Waals surface area contributed by atoms with Crippen molar-refractivity contribution in [3.05, 3.63) is 47.7 Å². The van der Waals surface area contributed by atoms with Gasteiger partial charge in [-0.2, -0.15) is 0 Å². The second kappa shape index (κ2) is 5.42. The van der Waals surface area contributed by atoms with Crippen molar-refractivity contribution in [2.45, 2.75) is 11.9 Å². The number of ether oxygens (including phenoxy) is 4. The number of methoxy groups -OCH3 is 3. The molecule has 0 fully saturated rings. The fourth-order valence-corrected chi connectivity index (χ4v) is 2.19. The molecule has 102 valence electrons. The molecular weight excluding hydrogens is 248 g/mol. The molecule has 0 N–H and O–H groups in total. The fraction of sp³-hybridized carbons (Fsp3) is 0.357. The summed E-state index contributed by atoms with van der Waals surface area (Å²) in [7, 11) is 4.47. The largest absolute Gasteiger partial charge is 0.497 e. The molecule has 5 heteroatoms. The summed E-state index contributed by atoms with van der Waals surface area (Å²) >= 11 is 0. The second-order valence-electron chi connectivity index (χ2n) is 4.01. The van der Waals surface area contributed by atoms with Gasteiger partial charge in [-0.1, -0.05) is 30.3 Å². The minimum absolute atomic E-state index is 0.373. The van der Waals surface area contributed by atoms with E-state index in [-0.39, 0.29) is 0 Å². The highest BCUT2D eigenvalue weighted by molar-refractivity contribution is 5.85. The molecule has 0 spiro atoms. The molecule has 1 aliphatic rings. The Morgan fingerprint density at radius 1 is 1.11 bits per heavy atom. The van der Waals surface area contributed by atoms with Crippen LogP contribution in [-0.4, -0.2) is 33.4 Å². The SMILES string of the molecule is COC1=CC(=O)OC1C(OC)(OC)c1ccccc1. The van der Waals surface area contributed by atoms with Crippen molar-refractivity contribution in [2.24, 2.45) is 0 Å². The minimum atomic E-state index is -1.23. The van der Waals surface area contributed by atoms with Crippen LogP contribution in [-0.2, 0) is 29.5 Å². The molecule has 1 atom stereocenters. The summed E-state index contributed by atoms with van der Waals surface area (Å²) in [5.74, 6) is -1.33. The number of carbonyl (C=O) groups is 1. The van der Waals surface area contributed by atoms with Gasteiger partial charge in [0.05, 0.1) is 13.2 Å². The molecule has 0 bridgehead atoms. The molecule has 1 unspecified atom stereocenters. The normalized spacial score (nSPS) is 19.0. The van der Waals surface area contributed by atoms with Gasteiger partial charge in [-0.05, 0) is 0 Å². The van der Waals surface area contributed by atoms with Crippen LogP contribution in [0.4, 0.5) is 0 Å². The van der Waals surface area contributed by atoms with Gasteiger partial charge >= 0.3 is 5.97 Å². The maximum Gasteiger partial charge on any atom is 0.335 e. The van der Waals surface area contributed by atoms with Crippen molar-refractivity contribution in [1.82, 2.24) is 0 Å². The molecule has 1 aromatic rings. The Bertz CT molecular complexity index is 476. The van der Waals surface area contributed by atoms with Gasteiger partial charge < -0.3 is 18.9 Å². The summed E-state index contributed by atoms with van der Waals surface area (Å²) in [4.78, 5) is 11.4. The highest BCUT2D eigenvalue weighted by Gasteiger charge is 2.49. The van der Waals surface area contributed by atoms with Crippen LogP contribution in [0.3, 0.4) is 0 Å². The Balaban J connectivity index is 2.46. The Hall–Kier alpha value is -1.85. The van der Waals surface area contributed by atoms with Crippen molar-refractivity contribution in [3.63, 3.8) is 0 Å². The van der Waals surface area contributed by atoms with Gasteiger partial charge in [-0.25, -0.2) is 4.79 Å². The Kier molecular flexibility index (Phi) is 3.87. The summed E-state index contributed by atoms with van der Waals surface area (Å²) in [6.07, 6.45) is 0.517. The van der Waals surface area contributed by atoms with Crippen LogP contribution >= 0.6 is 0 Å². The van der Waals surface area contributed by atoms with E-state index in [2.05, 4.69) is 0 Å². The van der Waals surface area contributed by atoms with Crippen molar-refractivity contribution >= 4 is 5.97 Å². The summed E-state index contributed by atoms with van der Waals surface area (Å²) in [5, 5.41) is 0. The lowest BCUT2D eigenvalue weighted by Gasteiger charge is -2.35. The zero-order valence-electron chi connectivity index (χ0n) is 11.1. The first-order valence-electron chi connectivity index (χ1n) is 5.80. The van der Waals surface area contributed by atoms with Crippen LogP contribution in [0, 0.1) is 0 Å². The number of esters is 1. The van der Waals surface area contributed by atoms with Gasteiger partial charge in [0, 0.05) is 19.8 Å². The standard InChI is InChI=1S/C14H16O5/c1-16-11-9-12(15)19-13(11)14(17-2,18-3)10-7-5-4-6-8-10/h4-9,13H,1-3H3. The lowest BCUT2D eigenvalue weighted by atomic mass is 9.98. The maximum atomic E-state index is 11.4. The van der Waals surface area contributed by atoms with E-state index in [9.17, 15) is 4.79 Å². The van der Waals surface area contributed by atoms with Gasteiger partial charge in [0.1, 0.15) is 5.76 Å². The molecule has 0 radical (unpaired) electrons. The Morgan fingerprint density at radius 3 is 2.26 bits per heavy atom. The zero-order chi connectivity index (χ0) is 13.9. The van der Waals surface area contributed by atoms with E-state index >= 15 is 0 Å². The molecule has 0 amide bonds. The smallest absolute Gasteiger partial charge is 0.335 e. The monoisotopic (exact) mass is 264 g/mol. The second-order valence-corrected chi connectivity index (χ2v) is 4.01. The lowest BCUT2D eigenvalue weighted by Crippen LogP contribution is -2.45. The third-order valence-corrected chi connectivity index (χ3v) is 3.12. The van der Waals surface area contributed by atoms with Crippen LogP contribution in [0.25, 0.3) is 0 Å². The number of rotatable bonds is 5. The highest BCUT2D eigenvalue weighted by atomic mass is 16.7. The quantitative estimate of drug-likeness (QED) is 0.597. The van der Waals surface area contributed by atoms with Crippen molar-refractivity contribution in [1.29, 1.82) is 0 Å². The van der Waals surface area contributed by atoms with Crippen LogP contribution in [0.2, 0.25) is 0 Å². The van der Waals surface area contributed by atoms with Gasteiger partial charge in [0.2, 0.25) is 11.9 Å². The van der Waals surface area contributed by atoms with Crippen molar-refractivity contribution in [3.8, 4) is 0 Å². The molecule has 1 heterocycles. The molecule has 19 heavy (non-hydrogen) atoms. The van der Waals surface area contributed by atoms with Gasteiger partial charge in [0.25, 0.3) is 0 Å². The van der Waals surface area contributed by atoms with Crippen LogP contribution in [0.15, 0.2) is 42.2 Å². The average molecular weight is 264 g/mol. The third-order valence-electron chi connectivity index (χ3n) is 3.12. The molecule has 1 aromatic carbocycles. The molecule has 2 rings (SSSR count). The zero-order valence-corrected chi connectivity index (χ0v) is 11.1. The van der Waals surface area contributed by atoms with E-state index in [1.807, 2.05) is 30.3 Å². The van der Waals surface area contributed by atoms with Gasteiger partial charge in [0.15, 0.2) is 0 Å². The number of hydrogen-bond donors (Lipinski definition) is 0. The summed E-state index contributed by atoms with van der Waals surface area (Å²) < 4.78 is 21.5. The number of benzene rings is 1. The first-order valence-corrected chi connectivity index (χ1v) is 5.80. The number of cyclic esters (lactones) is 1. The Morgan fingerprint density at radius 2 is 1.74 bits per heavy atom. The average Bonchev–Trinajstić information content (AvgIpc) is 2.84. The Labute approximate surface area is 111 Å². The summed E-state index contributed by atoms with van der Waals surface area (Å²) in [5.41, 5.74) is 0.739. The molecule has 5 nitrogen and oxygen atoms in total. The summed E-state index contributed by atoms with van der Waals surface area (Å²) in [6.45, 7) is 0. The maximum absolute atomic E-state index is 11.4. The van der Waals surface area contributed by atoms with Gasteiger partial charge in [-0.3, -0.25) is 0 Å². The highest BCUT2D eigenvalue weighted by Crippen LogP contribution is 2.38. The number of carbonyl (C=O) groups excluding carboxylic acids is 1. The van der Waals surface area contributed by atoms with Crippen molar-refractivity contribution in [2.75, 3.05) is 21.3 Å². The first-order chi connectivity index (χ1) is 9.17. The fourth-order valence-electron chi connectivity index (χ4n) is 2.19. The van der Waals surface area contributed by atoms with E-state index in [0.717, 1.165) is 5.56 Å². The van der Waals surface area contributed by atoms with E-state index in [1.165, 1.54) is 27.4 Å². The van der Waals surface area contributed by atoms with E-state index in [4.69, 9.17) is 18.9 Å². The van der Waals surface area contributed by atoms with Crippen LogP contribution in [0.5, 0.6) is 0 Å². The predicted octanol–water partition coefficient (Wildman–Crippen LogP) is 1.59. The lowest BCUT2D eigenvalue weighted by molar-refractivity contribution is -0.266. The number of hydrogen-bond acceptors (Lipinski definition) is 5. The molecule has 0 aromatic heterocycles. The van der Waals surface area contributed by atoms with Crippen LogP contribution in [0.1, 0.15) is 5.56 Å². The van der Waals surface area contributed by atoms with Crippen LogP contribution < -0.4 is 0 Å². The third kappa shape index (κ3) is 2.22. The topological polar surface area (TPSA) is 54.0 Å². The molecule has 1 aliphatic heterocycles.